The van der Waals surface area contributed by atoms with E-state index >= 15 is 0 Å². The monoisotopic (exact) mass is 394 g/mol. The number of aliphatic hydroxyl groups is 1. The molecule has 0 unspecified atom stereocenters. The number of imidazole rings is 1. The van der Waals surface area contributed by atoms with Crippen LogP contribution in [0.1, 0.15) is 17.2 Å². The van der Waals surface area contributed by atoms with Gasteiger partial charge in [-0.1, -0.05) is 36.4 Å². The second-order valence-electron chi connectivity index (χ2n) is 6.86. The molecule has 148 valence electrons. The number of hydrogen-bond acceptors (Lipinski definition) is 3. The highest BCUT2D eigenvalue weighted by Gasteiger charge is 2.18. The van der Waals surface area contributed by atoms with Gasteiger partial charge in [-0.15, -0.1) is 0 Å². The van der Waals surface area contributed by atoms with Crippen molar-refractivity contribution in [1.29, 1.82) is 0 Å². The average Bonchev–Trinajstić information content (AvgIpc) is 3.13. The summed E-state index contributed by atoms with van der Waals surface area (Å²) in [4.78, 5) is 4.32. The molecule has 0 spiro atoms. The second kappa shape index (κ2) is 8.51. The van der Waals surface area contributed by atoms with Crippen LogP contribution in [-0.4, -0.2) is 27.4 Å². The first-order valence-corrected chi connectivity index (χ1v) is 9.30. The molecule has 6 heteroatoms. The Hall–Kier alpha value is -3.09. The van der Waals surface area contributed by atoms with Gasteiger partial charge in [0.2, 0.25) is 0 Å². The lowest BCUT2D eigenvalue weighted by Crippen LogP contribution is -2.23. The van der Waals surface area contributed by atoms with Crippen molar-refractivity contribution >= 4 is 11.0 Å². The van der Waals surface area contributed by atoms with Crippen LogP contribution in [0, 0.1) is 11.6 Å². The molecule has 0 radical (unpaired) electrons. The van der Waals surface area contributed by atoms with Crippen molar-refractivity contribution in [2.75, 3.05) is 6.61 Å². The van der Waals surface area contributed by atoms with E-state index in [-0.39, 0.29) is 18.2 Å². The fraction of sp³-hybridized carbons (Fsp3) is 0.174. The Kier molecular flexibility index (Phi) is 5.64. The van der Waals surface area contributed by atoms with E-state index < -0.39 is 12.2 Å². The maximum Gasteiger partial charge on any atom is 0.123 e. The summed E-state index contributed by atoms with van der Waals surface area (Å²) in [6, 6.07) is 19.6. The SMILES string of the molecule is O[C@@H](COC(c1ccc(F)cc1)c1ccc(F)cc1)Cn1cnc2ccccc21. The van der Waals surface area contributed by atoms with Gasteiger partial charge in [-0.05, 0) is 47.5 Å². The molecule has 0 amide bonds. The van der Waals surface area contributed by atoms with Gasteiger partial charge in [0.25, 0.3) is 0 Å². The number of ether oxygens (including phenoxy) is 1. The first kappa shape index (κ1) is 19.2. The van der Waals surface area contributed by atoms with Crippen LogP contribution >= 0.6 is 0 Å². The zero-order chi connectivity index (χ0) is 20.2. The Morgan fingerprint density at radius 1 is 0.862 bits per heavy atom. The first-order valence-electron chi connectivity index (χ1n) is 9.30. The predicted molar refractivity (Wildman–Crippen MR) is 106 cm³/mol. The number of aromatic nitrogens is 2. The van der Waals surface area contributed by atoms with Crippen molar-refractivity contribution in [3.63, 3.8) is 0 Å². The zero-order valence-corrected chi connectivity index (χ0v) is 15.6. The van der Waals surface area contributed by atoms with Gasteiger partial charge in [0.05, 0.1) is 36.6 Å². The highest BCUT2D eigenvalue weighted by atomic mass is 19.1. The Balaban J connectivity index is 1.49. The Morgan fingerprint density at radius 2 is 1.45 bits per heavy atom. The molecule has 0 aliphatic heterocycles. The molecule has 1 atom stereocenters. The van der Waals surface area contributed by atoms with E-state index in [1.165, 1.54) is 24.3 Å². The van der Waals surface area contributed by atoms with Crippen LogP contribution in [0.25, 0.3) is 11.0 Å². The highest BCUT2D eigenvalue weighted by molar-refractivity contribution is 5.74. The summed E-state index contributed by atoms with van der Waals surface area (Å²) in [6.07, 6.45) is 0.354. The van der Waals surface area contributed by atoms with E-state index in [1.807, 2.05) is 28.8 Å². The standard InChI is InChI=1S/C23H20F2N2O2/c24-18-9-5-16(6-10-18)23(17-7-11-19(25)12-8-17)29-14-20(28)13-27-15-26-21-3-1-2-4-22(21)27/h1-12,15,20,23,28H,13-14H2/t20-/m1/s1. The predicted octanol–water partition coefficient (Wildman–Crippen LogP) is 4.48. The van der Waals surface area contributed by atoms with Crippen LogP contribution in [0.3, 0.4) is 0 Å². The molecular weight excluding hydrogens is 374 g/mol. The van der Waals surface area contributed by atoms with Crippen molar-refractivity contribution in [3.8, 4) is 0 Å². The number of benzene rings is 3. The smallest absolute Gasteiger partial charge is 0.123 e. The van der Waals surface area contributed by atoms with Crippen molar-refractivity contribution in [2.24, 2.45) is 0 Å². The molecule has 0 saturated carbocycles. The molecule has 29 heavy (non-hydrogen) atoms. The van der Waals surface area contributed by atoms with E-state index in [0.29, 0.717) is 6.54 Å². The maximum atomic E-state index is 13.3. The number of hydrogen-bond donors (Lipinski definition) is 1. The summed E-state index contributed by atoms with van der Waals surface area (Å²) in [5.74, 6) is -0.697. The lowest BCUT2D eigenvalue weighted by atomic mass is 10.0. The highest BCUT2D eigenvalue weighted by Crippen LogP contribution is 2.27. The van der Waals surface area contributed by atoms with Gasteiger partial charge >= 0.3 is 0 Å². The quantitative estimate of drug-likeness (QED) is 0.503. The minimum Gasteiger partial charge on any atom is -0.389 e. The summed E-state index contributed by atoms with van der Waals surface area (Å²) in [7, 11) is 0. The molecule has 0 aliphatic carbocycles. The van der Waals surface area contributed by atoms with Gasteiger partial charge < -0.3 is 14.4 Å². The van der Waals surface area contributed by atoms with Crippen molar-refractivity contribution in [3.05, 3.63) is 102 Å². The molecule has 0 fully saturated rings. The van der Waals surface area contributed by atoms with Crippen LogP contribution in [0.5, 0.6) is 0 Å². The normalized spacial score (nSPS) is 12.6. The van der Waals surface area contributed by atoms with E-state index in [9.17, 15) is 13.9 Å². The van der Waals surface area contributed by atoms with Gasteiger partial charge in [-0.2, -0.15) is 0 Å². The van der Waals surface area contributed by atoms with Crippen LogP contribution in [0.2, 0.25) is 0 Å². The van der Waals surface area contributed by atoms with Gasteiger partial charge in [0, 0.05) is 0 Å². The fourth-order valence-corrected chi connectivity index (χ4v) is 3.30. The number of nitrogens with zero attached hydrogens (tertiary/aromatic N) is 2. The summed E-state index contributed by atoms with van der Waals surface area (Å²) in [6.45, 7) is 0.367. The summed E-state index contributed by atoms with van der Waals surface area (Å²) >= 11 is 0. The molecule has 3 aromatic carbocycles. The minimum absolute atomic E-state index is 0.0475. The largest absolute Gasteiger partial charge is 0.389 e. The van der Waals surface area contributed by atoms with E-state index in [0.717, 1.165) is 22.2 Å². The number of rotatable bonds is 7. The summed E-state index contributed by atoms with van der Waals surface area (Å²) < 4.78 is 34.5. The molecule has 4 rings (SSSR count). The molecule has 1 aromatic heterocycles. The topological polar surface area (TPSA) is 47.3 Å². The summed E-state index contributed by atoms with van der Waals surface area (Å²) in [5, 5.41) is 10.5. The van der Waals surface area contributed by atoms with E-state index in [1.54, 1.807) is 30.6 Å². The van der Waals surface area contributed by atoms with Crippen LogP contribution < -0.4 is 0 Å². The van der Waals surface area contributed by atoms with E-state index in [4.69, 9.17) is 4.74 Å². The lowest BCUT2D eigenvalue weighted by Gasteiger charge is -2.21. The average molecular weight is 394 g/mol. The number of fused-ring (bicyclic) bond motifs is 1. The number of halogens is 2. The molecule has 0 bridgehead atoms. The lowest BCUT2D eigenvalue weighted by molar-refractivity contribution is -0.000199. The number of aliphatic hydroxyl groups excluding tert-OH is 1. The zero-order valence-electron chi connectivity index (χ0n) is 15.6. The van der Waals surface area contributed by atoms with Crippen molar-refractivity contribution < 1.29 is 18.6 Å². The third kappa shape index (κ3) is 4.50. The van der Waals surface area contributed by atoms with Gasteiger partial charge in [-0.25, -0.2) is 13.8 Å². The minimum atomic E-state index is -0.781. The third-order valence-electron chi connectivity index (χ3n) is 4.74. The van der Waals surface area contributed by atoms with Gasteiger partial charge in [0.15, 0.2) is 0 Å². The Labute approximate surface area is 167 Å². The Morgan fingerprint density at radius 3 is 2.07 bits per heavy atom. The Bertz CT molecular complexity index is 1030. The van der Waals surface area contributed by atoms with Crippen molar-refractivity contribution in [2.45, 2.75) is 18.8 Å². The second-order valence-corrected chi connectivity index (χ2v) is 6.86. The van der Waals surface area contributed by atoms with Crippen LogP contribution in [0.15, 0.2) is 79.1 Å². The maximum absolute atomic E-state index is 13.3. The first-order chi connectivity index (χ1) is 14.1. The van der Waals surface area contributed by atoms with Gasteiger partial charge in [0.1, 0.15) is 17.7 Å². The molecular formula is C23H20F2N2O2. The van der Waals surface area contributed by atoms with Crippen LogP contribution in [-0.2, 0) is 11.3 Å². The molecule has 1 heterocycles. The van der Waals surface area contributed by atoms with E-state index in [2.05, 4.69) is 4.98 Å². The van der Waals surface area contributed by atoms with Crippen LogP contribution in [0.4, 0.5) is 8.78 Å². The number of para-hydroxylation sites is 2. The molecule has 4 nitrogen and oxygen atoms in total. The molecule has 1 N–H and O–H groups in total. The fourth-order valence-electron chi connectivity index (χ4n) is 3.30. The van der Waals surface area contributed by atoms with Crippen molar-refractivity contribution in [1.82, 2.24) is 9.55 Å². The molecule has 0 saturated heterocycles. The van der Waals surface area contributed by atoms with Gasteiger partial charge in [-0.3, -0.25) is 0 Å². The summed E-state index contributed by atoms with van der Waals surface area (Å²) in [5.41, 5.74) is 3.23. The molecule has 0 aliphatic rings. The molecule has 4 aromatic rings. The third-order valence-corrected chi connectivity index (χ3v) is 4.74.